The van der Waals surface area contributed by atoms with Gasteiger partial charge in [-0.15, -0.1) is 0 Å². The first-order valence-electron chi connectivity index (χ1n) is 6.61. The number of aromatic hydroxyl groups is 1. The number of para-hydroxylation sites is 1. The van der Waals surface area contributed by atoms with E-state index in [1.807, 2.05) is 6.07 Å². The van der Waals surface area contributed by atoms with Crippen LogP contribution < -0.4 is 10.0 Å². The highest BCUT2D eigenvalue weighted by Crippen LogP contribution is 2.18. The average molecular weight is 316 g/mol. The zero-order chi connectivity index (χ0) is 15.5. The number of phenols is 1. The van der Waals surface area contributed by atoms with E-state index in [-0.39, 0.29) is 24.9 Å². The fraction of sp³-hybridized carbons (Fsp3) is 0.538. The third kappa shape index (κ3) is 4.65. The molecule has 3 atom stereocenters. The average Bonchev–Trinajstić information content (AvgIpc) is 2.76. The quantitative estimate of drug-likeness (QED) is 0.545. The molecule has 1 aliphatic heterocycles. The van der Waals surface area contributed by atoms with E-state index in [0.29, 0.717) is 6.54 Å². The predicted octanol–water partition coefficient (Wildman–Crippen LogP) is -0.841. The van der Waals surface area contributed by atoms with Crippen LogP contribution in [0, 0.1) is 0 Å². The van der Waals surface area contributed by atoms with Crippen molar-refractivity contribution in [2.45, 2.75) is 24.8 Å². The van der Waals surface area contributed by atoms with Gasteiger partial charge in [-0.2, -0.15) is 0 Å². The normalized spacial score (nSPS) is 26.1. The summed E-state index contributed by atoms with van der Waals surface area (Å²) in [5.41, 5.74) is 0.724. The number of aliphatic hydroxyl groups excluding tert-OH is 1. The molecule has 1 aliphatic rings. The summed E-state index contributed by atoms with van der Waals surface area (Å²) in [7, 11) is -3.31. The van der Waals surface area contributed by atoms with Crippen LogP contribution in [-0.2, 0) is 21.3 Å². The highest BCUT2D eigenvalue weighted by Gasteiger charge is 2.35. The molecule has 3 unspecified atom stereocenters. The Morgan fingerprint density at radius 3 is 2.76 bits per heavy atom. The summed E-state index contributed by atoms with van der Waals surface area (Å²) in [4.78, 5) is 0. The zero-order valence-electron chi connectivity index (χ0n) is 11.7. The van der Waals surface area contributed by atoms with Crippen LogP contribution in [0.3, 0.4) is 0 Å². The van der Waals surface area contributed by atoms with E-state index in [1.54, 1.807) is 18.2 Å². The molecule has 0 spiro atoms. The van der Waals surface area contributed by atoms with E-state index in [2.05, 4.69) is 10.0 Å². The molecule has 118 valence electrons. The molecule has 1 saturated heterocycles. The second kappa shape index (κ2) is 6.71. The largest absolute Gasteiger partial charge is 0.508 e. The number of sulfonamides is 1. The van der Waals surface area contributed by atoms with Crippen molar-refractivity contribution in [3.63, 3.8) is 0 Å². The van der Waals surface area contributed by atoms with Crippen LogP contribution in [0.25, 0.3) is 0 Å². The first-order chi connectivity index (χ1) is 9.87. The highest BCUT2D eigenvalue weighted by molar-refractivity contribution is 7.88. The van der Waals surface area contributed by atoms with Gasteiger partial charge in [0.1, 0.15) is 5.75 Å². The van der Waals surface area contributed by atoms with Crippen molar-refractivity contribution in [3.05, 3.63) is 29.8 Å². The fourth-order valence-electron chi connectivity index (χ4n) is 2.18. The molecule has 0 bridgehead atoms. The number of ether oxygens (including phenoxy) is 1. The molecular formula is C13H20N2O5S. The lowest BCUT2D eigenvalue weighted by Gasteiger charge is -2.18. The summed E-state index contributed by atoms with van der Waals surface area (Å²) in [5, 5.41) is 22.9. The summed E-state index contributed by atoms with van der Waals surface area (Å²) in [6.45, 7) is 0.712. The lowest BCUT2D eigenvalue weighted by atomic mass is 10.1. The maximum atomic E-state index is 11.0. The molecule has 7 nitrogen and oxygen atoms in total. The first-order valence-corrected chi connectivity index (χ1v) is 8.50. The summed E-state index contributed by atoms with van der Waals surface area (Å²) >= 11 is 0. The van der Waals surface area contributed by atoms with Gasteiger partial charge in [0.15, 0.2) is 0 Å². The van der Waals surface area contributed by atoms with Crippen LogP contribution in [-0.4, -0.2) is 56.3 Å². The topological polar surface area (TPSA) is 108 Å². The minimum Gasteiger partial charge on any atom is -0.508 e. The Morgan fingerprint density at radius 2 is 2.10 bits per heavy atom. The number of phenolic OH excluding ortho intramolecular Hbond substituents is 1. The number of nitrogens with one attached hydrogen (secondary N) is 2. The zero-order valence-corrected chi connectivity index (χ0v) is 12.5. The van der Waals surface area contributed by atoms with Gasteiger partial charge in [0.05, 0.1) is 31.1 Å². The SMILES string of the molecule is CS(=O)(=O)NCC1OCC(NCc2ccccc2O)C1O. The smallest absolute Gasteiger partial charge is 0.208 e. The van der Waals surface area contributed by atoms with Crippen molar-refractivity contribution in [3.8, 4) is 5.75 Å². The van der Waals surface area contributed by atoms with Gasteiger partial charge in [0.2, 0.25) is 10.0 Å². The molecule has 8 heteroatoms. The van der Waals surface area contributed by atoms with Crippen molar-refractivity contribution in [2.24, 2.45) is 0 Å². The molecule has 1 aromatic rings. The lowest BCUT2D eigenvalue weighted by molar-refractivity contribution is 0.0444. The predicted molar refractivity (Wildman–Crippen MR) is 77.3 cm³/mol. The second-order valence-corrected chi connectivity index (χ2v) is 6.93. The highest BCUT2D eigenvalue weighted by atomic mass is 32.2. The summed E-state index contributed by atoms with van der Waals surface area (Å²) < 4.78 is 29.8. The molecule has 0 amide bonds. The van der Waals surface area contributed by atoms with E-state index in [9.17, 15) is 18.6 Å². The van der Waals surface area contributed by atoms with Gasteiger partial charge in [-0.3, -0.25) is 0 Å². The molecule has 0 radical (unpaired) electrons. The maximum Gasteiger partial charge on any atom is 0.208 e. The Hall–Kier alpha value is -1.19. The number of benzene rings is 1. The van der Waals surface area contributed by atoms with Gasteiger partial charge in [-0.05, 0) is 6.07 Å². The van der Waals surface area contributed by atoms with Crippen LogP contribution in [0.5, 0.6) is 5.75 Å². The van der Waals surface area contributed by atoms with Crippen molar-refractivity contribution >= 4 is 10.0 Å². The van der Waals surface area contributed by atoms with Crippen molar-refractivity contribution < 1.29 is 23.4 Å². The third-order valence-corrected chi connectivity index (χ3v) is 4.07. The molecule has 21 heavy (non-hydrogen) atoms. The molecule has 0 saturated carbocycles. The van der Waals surface area contributed by atoms with E-state index in [0.717, 1.165) is 11.8 Å². The Bertz CT molecular complexity index is 578. The van der Waals surface area contributed by atoms with E-state index in [1.165, 1.54) is 0 Å². The lowest BCUT2D eigenvalue weighted by Crippen LogP contribution is -2.44. The van der Waals surface area contributed by atoms with Gasteiger partial charge < -0.3 is 20.3 Å². The van der Waals surface area contributed by atoms with Gasteiger partial charge >= 0.3 is 0 Å². The molecular weight excluding hydrogens is 296 g/mol. The van der Waals surface area contributed by atoms with E-state index >= 15 is 0 Å². The molecule has 1 heterocycles. The summed E-state index contributed by atoms with van der Waals surface area (Å²) in [5.74, 6) is 0.189. The van der Waals surface area contributed by atoms with Crippen molar-refractivity contribution in [2.75, 3.05) is 19.4 Å². The number of hydrogen-bond donors (Lipinski definition) is 4. The number of aliphatic hydroxyl groups is 1. The van der Waals surface area contributed by atoms with E-state index < -0.39 is 22.2 Å². The molecule has 0 aliphatic carbocycles. The molecule has 1 aromatic carbocycles. The summed E-state index contributed by atoms with van der Waals surface area (Å²) in [6.07, 6.45) is -0.339. The fourth-order valence-corrected chi connectivity index (χ4v) is 2.64. The van der Waals surface area contributed by atoms with Crippen molar-refractivity contribution in [1.82, 2.24) is 10.0 Å². The number of rotatable bonds is 6. The Balaban J connectivity index is 1.84. The van der Waals surface area contributed by atoms with Crippen LogP contribution in [0.2, 0.25) is 0 Å². The van der Waals surface area contributed by atoms with Crippen LogP contribution >= 0.6 is 0 Å². The summed E-state index contributed by atoms with van der Waals surface area (Å²) in [6, 6.07) is 6.62. The van der Waals surface area contributed by atoms with E-state index in [4.69, 9.17) is 4.74 Å². The van der Waals surface area contributed by atoms with Gasteiger partial charge in [0, 0.05) is 18.7 Å². The Morgan fingerprint density at radius 1 is 1.38 bits per heavy atom. The van der Waals surface area contributed by atoms with Crippen LogP contribution in [0.4, 0.5) is 0 Å². The Labute approximate surface area is 124 Å². The number of hydrogen-bond acceptors (Lipinski definition) is 6. The third-order valence-electron chi connectivity index (χ3n) is 3.38. The molecule has 4 N–H and O–H groups in total. The molecule has 2 rings (SSSR count). The maximum absolute atomic E-state index is 11.0. The van der Waals surface area contributed by atoms with Gasteiger partial charge in [-0.25, -0.2) is 13.1 Å². The monoisotopic (exact) mass is 316 g/mol. The standard InChI is InChI=1S/C13H20N2O5S/c1-21(18,19)15-7-12-13(17)10(8-20-12)14-6-9-4-2-3-5-11(9)16/h2-5,10,12-17H,6-8H2,1H3. The molecule has 1 fully saturated rings. The van der Waals surface area contributed by atoms with Crippen LogP contribution in [0.1, 0.15) is 5.56 Å². The minimum atomic E-state index is -3.31. The second-order valence-electron chi connectivity index (χ2n) is 5.10. The first kappa shape index (κ1) is 16.2. The molecule has 0 aromatic heterocycles. The Kier molecular flexibility index (Phi) is 5.17. The van der Waals surface area contributed by atoms with Gasteiger partial charge in [0.25, 0.3) is 0 Å². The van der Waals surface area contributed by atoms with Crippen molar-refractivity contribution in [1.29, 1.82) is 0 Å². The van der Waals surface area contributed by atoms with Gasteiger partial charge in [-0.1, -0.05) is 18.2 Å². The minimum absolute atomic E-state index is 0.0365. The van der Waals surface area contributed by atoms with Crippen LogP contribution in [0.15, 0.2) is 24.3 Å².